The van der Waals surface area contributed by atoms with Crippen molar-refractivity contribution in [3.8, 4) is 39.9 Å². The van der Waals surface area contributed by atoms with E-state index in [1.54, 1.807) is 27.0 Å². The Morgan fingerprint density at radius 2 is 1.75 bits per heavy atom. The number of benzene rings is 1. The molecule has 3 heterocycles. The van der Waals surface area contributed by atoms with E-state index < -0.39 is 13.5 Å². The molecular formula is C29H37N5O5Si. The highest BCUT2D eigenvalue weighted by Gasteiger charge is 2.29. The zero-order valence-corrected chi connectivity index (χ0v) is 25.2. The number of aryl methyl sites for hydroxylation is 1. The van der Waals surface area contributed by atoms with Gasteiger partial charge in [0, 0.05) is 45.1 Å². The molecule has 4 rings (SSSR count). The first-order valence-corrected chi connectivity index (χ1v) is 16.9. The lowest BCUT2D eigenvalue weighted by atomic mass is 9.95. The molecule has 10 nitrogen and oxygen atoms in total. The lowest BCUT2D eigenvalue weighted by Gasteiger charge is -2.21. The molecule has 3 aromatic heterocycles. The summed E-state index contributed by atoms with van der Waals surface area (Å²) in [5.74, 6) is 1.97. The predicted molar refractivity (Wildman–Crippen MR) is 154 cm³/mol. The van der Waals surface area contributed by atoms with Crippen molar-refractivity contribution in [1.82, 2.24) is 24.7 Å². The molecule has 0 N–H and O–H groups in total. The number of aromatic nitrogens is 5. The lowest BCUT2D eigenvalue weighted by molar-refractivity contribution is -0.152. The van der Waals surface area contributed by atoms with Crippen molar-refractivity contribution in [2.45, 2.75) is 53.2 Å². The van der Waals surface area contributed by atoms with Crippen LogP contribution >= 0.6 is 0 Å². The Morgan fingerprint density at radius 3 is 2.35 bits per heavy atom. The van der Waals surface area contributed by atoms with Crippen molar-refractivity contribution in [1.29, 1.82) is 0 Å². The zero-order chi connectivity index (χ0) is 28.9. The van der Waals surface area contributed by atoms with Crippen molar-refractivity contribution in [3.05, 3.63) is 54.7 Å². The lowest BCUT2D eigenvalue weighted by Crippen LogP contribution is -2.32. The molecule has 0 aliphatic heterocycles. The van der Waals surface area contributed by atoms with Gasteiger partial charge in [0.25, 0.3) is 0 Å². The summed E-state index contributed by atoms with van der Waals surface area (Å²) in [5.41, 5.74) is 2.46. The molecule has 0 aliphatic rings. The molecule has 0 amide bonds. The molecule has 1 aromatic carbocycles. The average Bonchev–Trinajstić information content (AvgIpc) is 3.55. The van der Waals surface area contributed by atoms with Gasteiger partial charge in [0.15, 0.2) is 0 Å². The van der Waals surface area contributed by atoms with E-state index in [4.69, 9.17) is 28.7 Å². The Kier molecular flexibility index (Phi) is 8.84. The van der Waals surface area contributed by atoms with Crippen molar-refractivity contribution in [2.24, 2.45) is 5.41 Å². The topological polar surface area (TPSA) is 114 Å². The Balaban J connectivity index is 1.49. The van der Waals surface area contributed by atoms with Crippen molar-refractivity contribution in [2.75, 3.05) is 20.3 Å². The molecule has 0 radical (unpaired) electrons. The van der Waals surface area contributed by atoms with E-state index in [0.29, 0.717) is 42.3 Å². The Hall–Kier alpha value is -3.83. The molecule has 0 bridgehead atoms. The largest absolute Gasteiger partial charge is 0.492 e. The molecule has 0 spiro atoms. The first-order valence-electron chi connectivity index (χ1n) is 13.2. The number of ether oxygens (including phenoxy) is 3. The highest BCUT2D eigenvalue weighted by molar-refractivity contribution is 6.76. The van der Waals surface area contributed by atoms with Gasteiger partial charge in [0.1, 0.15) is 30.6 Å². The highest BCUT2D eigenvalue weighted by atomic mass is 28.3. The van der Waals surface area contributed by atoms with Gasteiger partial charge in [-0.2, -0.15) is 4.98 Å². The number of methoxy groups -OCH3 is 1. The molecule has 11 heteroatoms. The van der Waals surface area contributed by atoms with E-state index in [2.05, 4.69) is 29.8 Å². The van der Waals surface area contributed by atoms with Gasteiger partial charge in [-0.15, -0.1) is 0 Å². The number of carbonyl (C=O) groups excluding carboxylic acids is 1. The van der Waals surface area contributed by atoms with Crippen molar-refractivity contribution in [3.63, 3.8) is 0 Å². The third-order valence-electron chi connectivity index (χ3n) is 6.27. The van der Waals surface area contributed by atoms with E-state index in [1.165, 1.54) is 7.11 Å². The summed E-state index contributed by atoms with van der Waals surface area (Å²) < 4.78 is 23.8. The van der Waals surface area contributed by atoms with E-state index in [1.807, 2.05) is 47.2 Å². The standard InChI is InChI=1S/C29H37N5O5Si/c1-20-31-26(33-39-20)25-17-34(19-37-14-15-40(5,6)7)27(32-25)22-10-13-24(30-16-22)21-8-11-23(12-9-21)38-18-29(2,3)28(35)36-4/h8-13,16-17H,14-15,18-19H2,1-7H3. The molecule has 0 aliphatic carbocycles. The van der Waals surface area contributed by atoms with Gasteiger partial charge in [-0.1, -0.05) is 24.8 Å². The van der Waals surface area contributed by atoms with Crippen LogP contribution in [0.2, 0.25) is 25.7 Å². The first-order chi connectivity index (χ1) is 18.9. The summed E-state index contributed by atoms with van der Waals surface area (Å²) >= 11 is 0. The van der Waals surface area contributed by atoms with E-state index in [-0.39, 0.29) is 12.6 Å². The molecule has 0 saturated heterocycles. The summed E-state index contributed by atoms with van der Waals surface area (Å²) in [5, 5.41) is 4.02. The number of rotatable bonds is 12. The molecule has 0 fully saturated rings. The van der Waals surface area contributed by atoms with Gasteiger partial charge in [-0.3, -0.25) is 9.78 Å². The van der Waals surface area contributed by atoms with Crippen molar-refractivity contribution >= 4 is 14.0 Å². The highest BCUT2D eigenvalue weighted by Crippen LogP contribution is 2.27. The molecule has 40 heavy (non-hydrogen) atoms. The second-order valence-corrected chi connectivity index (χ2v) is 17.1. The van der Waals surface area contributed by atoms with E-state index in [9.17, 15) is 4.79 Å². The maximum absolute atomic E-state index is 11.9. The number of hydrogen-bond acceptors (Lipinski definition) is 9. The second kappa shape index (κ2) is 12.1. The van der Waals surface area contributed by atoms with Crippen molar-refractivity contribution < 1.29 is 23.5 Å². The van der Waals surface area contributed by atoms with Crippen LogP contribution in [0.25, 0.3) is 34.2 Å². The second-order valence-electron chi connectivity index (χ2n) is 11.5. The number of carbonyl (C=O) groups is 1. The summed E-state index contributed by atoms with van der Waals surface area (Å²) in [6.07, 6.45) is 3.67. The average molecular weight is 564 g/mol. The van der Waals surface area contributed by atoms with Gasteiger partial charge in [-0.25, -0.2) is 4.98 Å². The van der Waals surface area contributed by atoms with Crippen LogP contribution in [0.3, 0.4) is 0 Å². The third kappa shape index (κ3) is 7.42. The Bertz CT molecular complexity index is 1420. The molecular weight excluding hydrogens is 526 g/mol. The minimum Gasteiger partial charge on any atom is -0.492 e. The molecule has 212 valence electrons. The van der Waals surface area contributed by atoms with Gasteiger partial charge in [0.05, 0.1) is 18.2 Å². The minimum atomic E-state index is -1.20. The quantitative estimate of drug-likeness (QED) is 0.119. The fourth-order valence-corrected chi connectivity index (χ4v) is 4.57. The first kappa shape index (κ1) is 29.2. The summed E-state index contributed by atoms with van der Waals surface area (Å²) in [4.78, 5) is 25.7. The van der Waals surface area contributed by atoms with Gasteiger partial charge in [0.2, 0.25) is 11.7 Å². The predicted octanol–water partition coefficient (Wildman–Crippen LogP) is 5.86. The summed E-state index contributed by atoms with van der Waals surface area (Å²) in [6.45, 7) is 13.6. The summed E-state index contributed by atoms with van der Waals surface area (Å²) in [7, 11) is 0.178. The van der Waals surface area contributed by atoms with Crippen LogP contribution in [0, 0.1) is 12.3 Å². The smallest absolute Gasteiger partial charge is 0.314 e. The van der Waals surface area contributed by atoms with E-state index in [0.717, 1.165) is 22.9 Å². The molecule has 4 aromatic rings. The van der Waals surface area contributed by atoms with Crippen LogP contribution < -0.4 is 4.74 Å². The van der Waals surface area contributed by atoms with Crippen LogP contribution in [0.5, 0.6) is 5.75 Å². The van der Waals surface area contributed by atoms with Crippen LogP contribution in [0.15, 0.2) is 53.3 Å². The Morgan fingerprint density at radius 1 is 1.02 bits per heavy atom. The molecule has 0 atom stereocenters. The zero-order valence-electron chi connectivity index (χ0n) is 24.2. The van der Waals surface area contributed by atoms with Crippen LogP contribution in [0.4, 0.5) is 0 Å². The number of imidazole rings is 1. The third-order valence-corrected chi connectivity index (χ3v) is 7.97. The van der Waals surface area contributed by atoms with Crippen LogP contribution in [0.1, 0.15) is 19.7 Å². The maximum atomic E-state index is 11.9. The normalized spacial score (nSPS) is 12.0. The molecule has 0 saturated carbocycles. The number of pyridine rings is 1. The number of hydrogen-bond donors (Lipinski definition) is 0. The van der Waals surface area contributed by atoms with Gasteiger partial charge in [-0.05, 0) is 56.3 Å². The van der Waals surface area contributed by atoms with E-state index >= 15 is 0 Å². The van der Waals surface area contributed by atoms with Gasteiger partial charge < -0.3 is 23.3 Å². The number of esters is 1. The Labute approximate surface area is 235 Å². The molecule has 0 unspecified atom stereocenters. The number of nitrogens with zero attached hydrogens (tertiary/aromatic N) is 5. The fraction of sp³-hybridized carbons (Fsp3) is 0.414. The minimum absolute atomic E-state index is 0.214. The van der Waals surface area contributed by atoms with Crippen LogP contribution in [-0.2, 0) is 21.0 Å². The summed E-state index contributed by atoms with van der Waals surface area (Å²) in [6, 6.07) is 12.6. The fourth-order valence-electron chi connectivity index (χ4n) is 3.81. The SMILES string of the molecule is COC(=O)C(C)(C)COc1ccc(-c2ccc(-c3nc(-c4noc(C)n4)cn3COCC[Si](C)(C)C)cn2)cc1. The maximum Gasteiger partial charge on any atom is 0.314 e. The van der Waals surface area contributed by atoms with Gasteiger partial charge >= 0.3 is 5.97 Å². The van der Waals surface area contributed by atoms with Crippen LogP contribution in [-0.4, -0.2) is 59.0 Å². The monoisotopic (exact) mass is 563 g/mol.